The highest BCUT2D eigenvalue weighted by molar-refractivity contribution is 5.91. The number of aliphatic hydroxyl groups is 1. The molecule has 2 amide bonds. The Bertz CT molecular complexity index is 838. The number of carbonyl (C=O) groups is 2. The van der Waals surface area contributed by atoms with Gasteiger partial charge in [-0.15, -0.1) is 0 Å². The van der Waals surface area contributed by atoms with Crippen molar-refractivity contribution in [3.63, 3.8) is 0 Å². The molecular weight excluding hydrogens is 426 g/mol. The first-order valence-corrected chi connectivity index (χ1v) is 12.1. The summed E-state index contributed by atoms with van der Waals surface area (Å²) >= 11 is 0. The van der Waals surface area contributed by atoms with E-state index in [1.807, 2.05) is 96.9 Å². The van der Waals surface area contributed by atoms with E-state index in [-0.39, 0.29) is 30.4 Å². The van der Waals surface area contributed by atoms with Gasteiger partial charge in [-0.2, -0.15) is 0 Å². The summed E-state index contributed by atoms with van der Waals surface area (Å²) in [5, 5.41) is 12.6. The number of benzene rings is 1. The Kier molecular flexibility index (Phi) is 10.5. The molecule has 34 heavy (non-hydrogen) atoms. The zero-order valence-corrected chi connectivity index (χ0v) is 23.1. The average molecular weight is 474 g/mol. The van der Waals surface area contributed by atoms with Crippen molar-refractivity contribution in [1.29, 1.82) is 0 Å². The highest BCUT2D eigenvalue weighted by atomic mass is 16.3. The third-order valence-electron chi connectivity index (χ3n) is 6.55. The zero-order valence-electron chi connectivity index (χ0n) is 23.1. The van der Waals surface area contributed by atoms with Gasteiger partial charge in [-0.3, -0.25) is 14.5 Å². The lowest BCUT2D eigenvalue weighted by molar-refractivity contribution is -0.141. The molecule has 0 aromatic heterocycles. The Morgan fingerprint density at radius 1 is 1.03 bits per heavy atom. The Balaban J connectivity index is 3.33. The van der Waals surface area contributed by atoms with Gasteiger partial charge < -0.3 is 15.3 Å². The minimum atomic E-state index is -0.705. The van der Waals surface area contributed by atoms with Gasteiger partial charge in [0.05, 0.1) is 18.7 Å². The van der Waals surface area contributed by atoms with E-state index in [2.05, 4.69) is 19.2 Å². The second-order valence-corrected chi connectivity index (χ2v) is 11.6. The fraction of sp³-hybridized carbons (Fsp3) is 0.643. The minimum absolute atomic E-state index is 0.0518. The van der Waals surface area contributed by atoms with Crippen molar-refractivity contribution in [3.05, 3.63) is 47.5 Å². The molecule has 0 aliphatic heterocycles. The van der Waals surface area contributed by atoms with Crippen LogP contribution in [0.4, 0.5) is 0 Å². The number of aliphatic hydroxyl groups excluding tert-OH is 1. The van der Waals surface area contributed by atoms with E-state index in [4.69, 9.17) is 0 Å². The largest absolute Gasteiger partial charge is 0.392 e. The van der Waals surface area contributed by atoms with Gasteiger partial charge in [0.15, 0.2) is 0 Å². The van der Waals surface area contributed by atoms with Crippen LogP contribution >= 0.6 is 0 Å². The van der Waals surface area contributed by atoms with Crippen LogP contribution in [0, 0.1) is 11.3 Å². The molecule has 0 radical (unpaired) electrons. The highest BCUT2D eigenvalue weighted by Crippen LogP contribution is 2.31. The lowest BCUT2D eigenvalue weighted by Crippen LogP contribution is -2.61. The number of amides is 2. The van der Waals surface area contributed by atoms with Crippen LogP contribution in [0.5, 0.6) is 0 Å². The van der Waals surface area contributed by atoms with E-state index in [0.29, 0.717) is 0 Å². The molecule has 0 bridgehead atoms. The lowest BCUT2D eigenvalue weighted by atomic mass is 9.76. The predicted molar refractivity (Wildman–Crippen MR) is 141 cm³/mol. The number of likely N-dealkylation sites (N-methyl/N-ethyl adjacent to an activating group) is 2. The van der Waals surface area contributed by atoms with Crippen molar-refractivity contribution in [2.24, 2.45) is 11.3 Å². The van der Waals surface area contributed by atoms with Gasteiger partial charge >= 0.3 is 0 Å². The molecule has 0 aliphatic carbocycles. The first-order valence-electron chi connectivity index (χ1n) is 12.1. The van der Waals surface area contributed by atoms with Crippen molar-refractivity contribution in [3.8, 4) is 0 Å². The van der Waals surface area contributed by atoms with Gasteiger partial charge in [0, 0.05) is 12.5 Å². The van der Waals surface area contributed by atoms with Crippen LogP contribution in [0.1, 0.15) is 61.0 Å². The minimum Gasteiger partial charge on any atom is -0.392 e. The monoisotopic (exact) mass is 473 g/mol. The number of nitrogens with one attached hydrogen (secondary N) is 1. The standard InChI is InChI=1S/C28H47N3O3/c1-19(2)22(17-20(3)18-32)31(11)26(34)23(27(4,5)6)29-25(33)24(30(9)10)28(7,8)21-15-13-12-14-16-21/h12-17,19,22-24,32H,18H2,1-11H3,(H,29,33)/b20-17+. The van der Waals surface area contributed by atoms with E-state index in [1.165, 1.54) is 0 Å². The number of hydrogen-bond acceptors (Lipinski definition) is 4. The molecule has 2 N–H and O–H groups in total. The Morgan fingerprint density at radius 3 is 1.97 bits per heavy atom. The molecule has 6 heteroatoms. The summed E-state index contributed by atoms with van der Waals surface area (Å²) in [6.45, 7) is 15.9. The smallest absolute Gasteiger partial charge is 0.245 e. The molecule has 192 valence electrons. The quantitative estimate of drug-likeness (QED) is 0.507. The summed E-state index contributed by atoms with van der Waals surface area (Å²) in [6.07, 6.45) is 1.94. The van der Waals surface area contributed by atoms with Crippen LogP contribution < -0.4 is 5.32 Å². The molecule has 0 saturated carbocycles. The third kappa shape index (κ3) is 7.41. The average Bonchev–Trinajstić information content (AvgIpc) is 2.73. The van der Waals surface area contributed by atoms with Gasteiger partial charge in [0.1, 0.15) is 6.04 Å². The van der Waals surface area contributed by atoms with Crippen molar-refractivity contribution in [2.45, 2.75) is 78.9 Å². The van der Waals surface area contributed by atoms with Crippen LogP contribution in [0.25, 0.3) is 0 Å². The predicted octanol–water partition coefficient (Wildman–Crippen LogP) is 3.85. The summed E-state index contributed by atoms with van der Waals surface area (Å²) < 4.78 is 0. The summed E-state index contributed by atoms with van der Waals surface area (Å²) in [5.74, 6) is -0.168. The molecule has 3 unspecified atom stereocenters. The fourth-order valence-electron chi connectivity index (χ4n) is 4.55. The third-order valence-corrected chi connectivity index (χ3v) is 6.55. The summed E-state index contributed by atoms with van der Waals surface area (Å²) in [5.41, 5.74) is 0.899. The maximum Gasteiger partial charge on any atom is 0.245 e. The molecule has 0 aliphatic rings. The normalized spacial score (nSPS) is 15.8. The molecule has 6 nitrogen and oxygen atoms in total. The molecule has 1 aromatic rings. The van der Waals surface area contributed by atoms with E-state index >= 15 is 0 Å². The van der Waals surface area contributed by atoms with Crippen molar-refractivity contribution in [1.82, 2.24) is 15.1 Å². The zero-order chi connectivity index (χ0) is 26.4. The molecule has 1 aromatic carbocycles. The summed E-state index contributed by atoms with van der Waals surface area (Å²) in [6, 6.07) is 8.62. The molecule has 0 heterocycles. The van der Waals surface area contributed by atoms with Gasteiger partial charge in [-0.25, -0.2) is 0 Å². The van der Waals surface area contributed by atoms with E-state index < -0.39 is 22.9 Å². The van der Waals surface area contributed by atoms with Gasteiger partial charge in [-0.1, -0.05) is 90.4 Å². The van der Waals surface area contributed by atoms with E-state index in [1.54, 1.807) is 11.9 Å². The molecule has 3 atom stereocenters. The Morgan fingerprint density at radius 2 is 1.56 bits per heavy atom. The van der Waals surface area contributed by atoms with E-state index in [9.17, 15) is 14.7 Å². The number of rotatable bonds is 10. The summed E-state index contributed by atoms with van der Waals surface area (Å²) in [7, 11) is 5.56. The maximum absolute atomic E-state index is 13.8. The highest BCUT2D eigenvalue weighted by Gasteiger charge is 2.43. The topological polar surface area (TPSA) is 72.9 Å². The number of nitrogens with zero attached hydrogens (tertiary/aromatic N) is 2. The van der Waals surface area contributed by atoms with Crippen LogP contribution in [0.2, 0.25) is 0 Å². The van der Waals surface area contributed by atoms with Crippen LogP contribution in [-0.4, -0.2) is 72.6 Å². The first kappa shape index (κ1) is 29.9. The molecule has 0 fully saturated rings. The van der Waals surface area contributed by atoms with Gasteiger partial charge in [-0.05, 0) is 37.9 Å². The fourth-order valence-corrected chi connectivity index (χ4v) is 4.55. The summed E-state index contributed by atoms with van der Waals surface area (Å²) in [4.78, 5) is 31.1. The SMILES string of the molecule is C/C(=C\C(C(C)C)N(C)C(=O)C(NC(=O)C(N(C)C)C(C)(C)c1ccccc1)C(C)(C)C)CO. The lowest BCUT2D eigenvalue weighted by Gasteiger charge is -2.41. The van der Waals surface area contributed by atoms with Crippen LogP contribution in [-0.2, 0) is 15.0 Å². The number of carbonyl (C=O) groups excluding carboxylic acids is 2. The Hall–Kier alpha value is -2.18. The Labute approximate surface area is 207 Å². The molecular formula is C28H47N3O3. The first-order chi connectivity index (χ1) is 15.5. The van der Waals surface area contributed by atoms with Crippen molar-refractivity contribution >= 4 is 11.8 Å². The second kappa shape index (κ2) is 12.0. The van der Waals surface area contributed by atoms with Crippen molar-refractivity contribution in [2.75, 3.05) is 27.7 Å². The molecule has 0 spiro atoms. The van der Waals surface area contributed by atoms with Crippen LogP contribution in [0.15, 0.2) is 42.0 Å². The molecule has 0 saturated heterocycles. The molecule has 1 rings (SSSR count). The number of hydrogen-bond donors (Lipinski definition) is 2. The second-order valence-electron chi connectivity index (χ2n) is 11.6. The van der Waals surface area contributed by atoms with Crippen LogP contribution in [0.3, 0.4) is 0 Å². The van der Waals surface area contributed by atoms with Crippen molar-refractivity contribution < 1.29 is 14.7 Å². The maximum atomic E-state index is 13.8. The van der Waals surface area contributed by atoms with Gasteiger partial charge in [0.25, 0.3) is 0 Å². The van der Waals surface area contributed by atoms with E-state index in [0.717, 1.165) is 11.1 Å². The van der Waals surface area contributed by atoms with Gasteiger partial charge in [0.2, 0.25) is 11.8 Å².